The van der Waals surface area contributed by atoms with Crippen LogP contribution in [-0.2, 0) is 0 Å². The standard InChI is InChI=1S/C14H15ClFN3O.ClH/c1-8-2-3-9(15)12(13(8)16)14-18-4-5-19(14)10-6-17-7-11(10)20;/h2-5,10-11,17,20H,6-7H2,1H3;1H/t10-,11-;/m0./s1. The molecule has 3 rings (SSSR count). The fourth-order valence-electron chi connectivity index (χ4n) is 2.57. The minimum absolute atomic E-state index is 0. The zero-order chi connectivity index (χ0) is 14.3. The molecule has 1 saturated heterocycles. The molecule has 0 bridgehead atoms. The van der Waals surface area contributed by atoms with Crippen LogP contribution in [0.15, 0.2) is 24.5 Å². The topological polar surface area (TPSA) is 50.1 Å². The fraction of sp³-hybridized carbons (Fsp3) is 0.357. The third-order valence-corrected chi connectivity index (χ3v) is 4.00. The maximum Gasteiger partial charge on any atom is 0.144 e. The molecule has 114 valence electrons. The fourth-order valence-corrected chi connectivity index (χ4v) is 2.80. The van der Waals surface area contributed by atoms with Crippen molar-refractivity contribution in [1.82, 2.24) is 14.9 Å². The van der Waals surface area contributed by atoms with Gasteiger partial charge < -0.3 is 15.0 Å². The average Bonchev–Trinajstić information content (AvgIpc) is 3.03. The summed E-state index contributed by atoms with van der Waals surface area (Å²) in [5.41, 5.74) is 0.805. The average molecular weight is 332 g/mol. The van der Waals surface area contributed by atoms with Crippen molar-refractivity contribution in [2.24, 2.45) is 0 Å². The van der Waals surface area contributed by atoms with E-state index in [0.717, 1.165) is 0 Å². The highest BCUT2D eigenvalue weighted by Gasteiger charge is 2.29. The van der Waals surface area contributed by atoms with E-state index >= 15 is 0 Å². The number of halogens is 3. The quantitative estimate of drug-likeness (QED) is 0.889. The van der Waals surface area contributed by atoms with Crippen LogP contribution in [0.2, 0.25) is 5.02 Å². The number of benzene rings is 1. The molecule has 0 amide bonds. The molecule has 0 unspecified atom stereocenters. The lowest BCUT2D eigenvalue weighted by atomic mass is 10.1. The first-order valence-electron chi connectivity index (χ1n) is 6.46. The van der Waals surface area contributed by atoms with Gasteiger partial charge in [-0.3, -0.25) is 0 Å². The minimum atomic E-state index is -0.519. The van der Waals surface area contributed by atoms with E-state index in [0.29, 0.717) is 29.5 Å². The number of aliphatic hydroxyl groups is 1. The van der Waals surface area contributed by atoms with Gasteiger partial charge in [0.2, 0.25) is 0 Å². The Hall–Kier alpha value is -1.14. The van der Waals surface area contributed by atoms with Crippen LogP contribution in [0.25, 0.3) is 11.4 Å². The maximum absolute atomic E-state index is 14.4. The van der Waals surface area contributed by atoms with E-state index in [2.05, 4.69) is 10.3 Å². The van der Waals surface area contributed by atoms with Crippen molar-refractivity contribution >= 4 is 24.0 Å². The molecule has 2 N–H and O–H groups in total. The Kier molecular flexibility index (Phi) is 4.88. The first-order valence-corrected chi connectivity index (χ1v) is 6.84. The van der Waals surface area contributed by atoms with E-state index in [4.69, 9.17) is 11.6 Å². The Balaban J connectivity index is 0.00000161. The molecule has 0 aliphatic carbocycles. The van der Waals surface area contributed by atoms with Gasteiger partial charge in [0.05, 0.1) is 22.7 Å². The summed E-state index contributed by atoms with van der Waals surface area (Å²) in [6.07, 6.45) is 2.82. The smallest absolute Gasteiger partial charge is 0.144 e. The van der Waals surface area contributed by atoms with Gasteiger partial charge in [0.15, 0.2) is 0 Å². The molecule has 1 aliphatic heterocycles. The maximum atomic E-state index is 14.4. The monoisotopic (exact) mass is 331 g/mol. The second kappa shape index (κ2) is 6.32. The number of nitrogens with one attached hydrogen (secondary N) is 1. The number of nitrogens with zero attached hydrogens (tertiary/aromatic N) is 2. The summed E-state index contributed by atoms with van der Waals surface area (Å²) in [5.74, 6) is 0.0781. The van der Waals surface area contributed by atoms with Gasteiger partial charge in [0, 0.05) is 25.5 Å². The Morgan fingerprint density at radius 1 is 1.43 bits per heavy atom. The van der Waals surface area contributed by atoms with Crippen molar-refractivity contribution in [3.63, 3.8) is 0 Å². The van der Waals surface area contributed by atoms with Crippen LogP contribution in [-0.4, -0.2) is 33.9 Å². The van der Waals surface area contributed by atoms with Crippen molar-refractivity contribution < 1.29 is 9.50 Å². The number of aromatic nitrogens is 2. The summed E-state index contributed by atoms with van der Waals surface area (Å²) in [7, 11) is 0. The number of imidazole rings is 1. The van der Waals surface area contributed by atoms with Gasteiger partial charge in [-0.25, -0.2) is 9.37 Å². The number of hydrogen-bond acceptors (Lipinski definition) is 3. The molecular weight excluding hydrogens is 316 g/mol. The summed E-state index contributed by atoms with van der Waals surface area (Å²) in [6, 6.07) is 3.14. The highest BCUT2D eigenvalue weighted by Crippen LogP contribution is 2.33. The molecule has 0 spiro atoms. The molecule has 1 aliphatic rings. The molecule has 7 heteroatoms. The van der Waals surface area contributed by atoms with Crippen molar-refractivity contribution in [2.45, 2.75) is 19.1 Å². The minimum Gasteiger partial charge on any atom is -0.390 e. The van der Waals surface area contributed by atoms with Gasteiger partial charge >= 0.3 is 0 Å². The predicted molar refractivity (Wildman–Crippen MR) is 82.5 cm³/mol. The van der Waals surface area contributed by atoms with Gasteiger partial charge in [-0.2, -0.15) is 0 Å². The third kappa shape index (κ3) is 2.79. The molecule has 21 heavy (non-hydrogen) atoms. The summed E-state index contributed by atoms with van der Waals surface area (Å²) < 4.78 is 16.2. The third-order valence-electron chi connectivity index (χ3n) is 3.68. The molecule has 0 saturated carbocycles. The lowest BCUT2D eigenvalue weighted by Crippen LogP contribution is -2.22. The predicted octanol–water partition coefficient (Wildman–Crippen LogP) is 2.58. The van der Waals surface area contributed by atoms with E-state index < -0.39 is 6.10 Å². The van der Waals surface area contributed by atoms with E-state index in [1.807, 2.05) is 0 Å². The second-order valence-corrected chi connectivity index (χ2v) is 5.41. The summed E-state index contributed by atoms with van der Waals surface area (Å²) in [6.45, 7) is 2.83. The number of hydrogen-bond donors (Lipinski definition) is 2. The van der Waals surface area contributed by atoms with Crippen LogP contribution >= 0.6 is 24.0 Å². The molecule has 4 nitrogen and oxygen atoms in total. The zero-order valence-electron chi connectivity index (χ0n) is 11.4. The lowest BCUT2D eigenvalue weighted by molar-refractivity contribution is 0.151. The Labute approximate surface area is 133 Å². The SMILES string of the molecule is Cc1ccc(Cl)c(-c2nccn2[C@H]2CNC[C@@H]2O)c1F.Cl. The van der Waals surface area contributed by atoms with E-state index in [1.54, 1.807) is 36.0 Å². The molecular formula is C14H16Cl2FN3O. The van der Waals surface area contributed by atoms with E-state index in [-0.39, 0.29) is 29.8 Å². The van der Waals surface area contributed by atoms with Crippen LogP contribution in [0.3, 0.4) is 0 Å². The molecule has 2 atom stereocenters. The first kappa shape index (κ1) is 16.2. The Bertz CT molecular complexity index is 647. The molecule has 0 radical (unpaired) electrons. The lowest BCUT2D eigenvalue weighted by Gasteiger charge is -2.19. The number of aryl methyl sites for hydroxylation is 1. The summed E-state index contributed by atoms with van der Waals surface area (Å²) in [5, 5.41) is 13.4. The van der Waals surface area contributed by atoms with E-state index in [1.165, 1.54) is 0 Å². The van der Waals surface area contributed by atoms with Crippen molar-refractivity contribution in [3.05, 3.63) is 40.9 Å². The zero-order valence-corrected chi connectivity index (χ0v) is 13.0. The summed E-state index contributed by atoms with van der Waals surface area (Å²) in [4.78, 5) is 4.23. The molecule has 1 aromatic carbocycles. The van der Waals surface area contributed by atoms with Crippen LogP contribution in [0.1, 0.15) is 11.6 Å². The van der Waals surface area contributed by atoms with Crippen LogP contribution in [0.5, 0.6) is 0 Å². The molecule has 2 aromatic rings. The van der Waals surface area contributed by atoms with Gasteiger partial charge in [0.1, 0.15) is 11.6 Å². The largest absolute Gasteiger partial charge is 0.390 e. The van der Waals surface area contributed by atoms with Crippen LogP contribution < -0.4 is 5.32 Å². The van der Waals surface area contributed by atoms with Gasteiger partial charge in [-0.1, -0.05) is 17.7 Å². The van der Waals surface area contributed by atoms with E-state index in [9.17, 15) is 9.50 Å². The van der Waals surface area contributed by atoms with Gasteiger partial charge in [-0.05, 0) is 18.6 Å². The Morgan fingerprint density at radius 3 is 2.86 bits per heavy atom. The highest BCUT2D eigenvalue weighted by atomic mass is 35.5. The number of rotatable bonds is 2. The normalized spacial score (nSPS) is 21.3. The van der Waals surface area contributed by atoms with Crippen molar-refractivity contribution in [1.29, 1.82) is 0 Å². The number of aliphatic hydroxyl groups excluding tert-OH is 1. The van der Waals surface area contributed by atoms with Gasteiger partial charge in [0.25, 0.3) is 0 Å². The summed E-state index contributed by atoms with van der Waals surface area (Å²) >= 11 is 6.14. The van der Waals surface area contributed by atoms with Crippen molar-refractivity contribution in [2.75, 3.05) is 13.1 Å². The van der Waals surface area contributed by atoms with Crippen LogP contribution in [0, 0.1) is 12.7 Å². The Morgan fingerprint density at radius 2 is 2.19 bits per heavy atom. The second-order valence-electron chi connectivity index (χ2n) is 5.00. The van der Waals surface area contributed by atoms with Crippen LogP contribution in [0.4, 0.5) is 4.39 Å². The van der Waals surface area contributed by atoms with Crippen molar-refractivity contribution in [3.8, 4) is 11.4 Å². The highest BCUT2D eigenvalue weighted by molar-refractivity contribution is 6.33. The molecule has 1 aromatic heterocycles. The molecule has 1 fully saturated rings. The molecule has 2 heterocycles. The number of β-amino-alcohol motifs (C(OH)–C–C–N with tert-alkyl or cyclic N) is 1. The first-order chi connectivity index (χ1) is 9.59. The van der Waals surface area contributed by atoms with Gasteiger partial charge in [-0.15, -0.1) is 12.4 Å².